The van der Waals surface area contributed by atoms with Gasteiger partial charge in [-0.3, -0.25) is 4.98 Å². The van der Waals surface area contributed by atoms with Crippen LogP contribution in [0.25, 0.3) is 5.57 Å². The Hall–Kier alpha value is -2.42. The van der Waals surface area contributed by atoms with Gasteiger partial charge in [0.1, 0.15) is 5.75 Å². The second kappa shape index (κ2) is 3.29. The number of phenols is 1. The maximum absolute atomic E-state index is 10.1. The smallest absolute Gasteiger partial charge is 0.123 e. The Morgan fingerprint density at radius 1 is 1.17 bits per heavy atom. The highest BCUT2D eigenvalue weighted by atomic mass is 16.3. The summed E-state index contributed by atoms with van der Waals surface area (Å²) >= 11 is 0. The molecule has 1 aliphatic heterocycles. The summed E-state index contributed by atoms with van der Waals surface area (Å²) in [6.45, 7) is 0. The van der Waals surface area contributed by atoms with Crippen LogP contribution in [0.1, 0.15) is 11.1 Å². The molecule has 1 aliphatic carbocycles. The second-order valence-electron chi connectivity index (χ2n) is 4.48. The molecule has 0 unspecified atom stereocenters. The quantitative estimate of drug-likeness (QED) is 0.740. The normalized spacial score (nSPS) is 15.3. The number of hydrogen-bond donors (Lipinski definition) is 1. The van der Waals surface area contributed by atoms with Crippen LogP contribution in [0.4, 0.5) is 0 Å². The number of pyridine rings is 1. The first-order valence-corrected chi connectivity index (χ1v) is 5.89. The van der Waals surface area contributed by atoms with Crippen molar-refractivity contribution in [2.24, 2.45) is 4.99 Å². The van der Waals surface area contributed by atoms with E-state index in [0.717, 1.165) is 39.4 Å². The molecule has 1 aromatic heterocycles. The lowest BCUT2D eigenvalue weighted by Gasteiger charge is -2.16. The number of benzene rings is 1. The average Bonchev–Trinajstić information content (AvgIpc) is 2.77. The van der Waals surface area contributed by atoms with E-state index in [9.17, 15) is 5.11 Å². The number of fused-ring (bicyclic) bond motifs is 4. The van der Waals surface area contributed by atoms with Crippen molar-refractivity contribution in [1.29, 1.82) is 0 Å². The number of phenolic OH excluding ortho intramolecular Hbond substituents is 1. The molecule has 3 heteroatoms. The summed E-state index contributed by atoms with van der Waals surface area (Å²) < 4.78 is 0. The molecule has 0 atom stereocenters. The van der Waals surface area contributed by atoms with E-state index in [1.165, 1.54) is 0 Å². The van der Waals surface area contributed by atoms with Gasteiger partial charge in [-0.2, -0.15) is 0 Å². The van der Waals surface area contributed by atoms with Crippen molar-refractivity contribution in [2.75, 3.05) is 0 Å². The Labute approximate surface area is 103 Å². The van der Waals surface area contributed by atoms with Crippen molar-refractivity contribution < 1.29 is 5.11 Å². The van der Waals surface area contributed by atoms with E-state index < -0.39 is 0 Å². The molecule has 0 bridgehead atoms. The summed E-state index contributed by atoms with van der Waals surface area (Å²) in [7, 11) is 0. The average molecular weight is 234 g/mol. The Balaban J connectivity index is 2.21. The van der Waals surface area contributed by atoms with Gasteiger partial charge in [-0.25, -0.2) is 4.99 Å². The van der Waals surface area contributed by atoms with Crippen molar-refractivity contribution in [3.05, 3.63) is 70.1 Å². The van der Waals surface area contributed by atoms with E-state index in [0.29, 0.717) is 5.75 Å². The van der Waals surface area contributed by atoms with Crippen LogP contribution in [0.2, 0.25) is 0 Å². The van der Waals surface area contributed by atoms with Crippen LogP contribution in [-0.4, -0.2) is 10.1 Å². The molecular weight excluding hydrogens is 224 g/mol. The molecule has 3 nitrogen and oxygen atoms in total. The summed E-state index contributed by atoms with van der Waals surface area (Å²) in [5.41, 5.74) is 4.01. The van der Waals surface area contributed by atoms with Gasteiger partial charge < -0.3 is 5.11 Å². The molecule has 0 spiro atoms. The third-order valence-electron chi connectivity index (χ3n) is 3.46. The topological polar surface area (TPSA) is 45.5 Å². The Bertz CT molecular complexity index is 819. The molecule has 1 N–H and O–H groups in total. The van der Waals surface area contributed by atoms with Gasteiger partial charge in [0.15, 0.2) is 0 Å². The minimum Gasteiger partial charge on any atom is -0.507 e. The molecule has 2 aromatic rings. The second-order valence-corrected chi connectivity index (χ2v) is 4.48. The summed E-state index contributed by atoms with van der Waals surface area (Å²) in [6.07, 6.45) is 6.48. The fourth-order valence-electron chi connectivity index (χ4n) is 2.66. The first kappa shape index (κ1) is 9.59. The van der Waals surface area contributed by atoms with Crippen LogP contribution in [0.15, 0.2) is 53.4 Å². The summed E-state index contributed by atoms with van der Waals surface area (Å²) in [5, 5.41) is 12.1. The monoisotopic (exact) mass is 234 g/mol. The van der Waals surface area contributed by atoms with E-state index in [-0.39, 0.29) is 0 Å². The van der Waals surface area contributed by atoms with Crippen molar-refractivity contribution in [3.63, 3.8) is 0 Å². The zero-order chi connectivity index (χ0) is 12.1. The van der Waals surface area contributed by atoms with Gasteiger partial charge in [-0.1, -0.05) is 18.2 Å². The van der Waals surface area contributed by atoms with Gasteiger partial charge in [0.2, 0.25) is 0 Å². The maximum Gasteiger partial charge on any atom is 0.123 e. The van der Waals surface area contributed by atoms with Gasteiger partial charge in [-0.05, 0) is 24.1 Å². The molecule has 0 saturated heterocycles. The van der Waals surface area contributed by atoms with Crippen LogP contribution >= 0.6 is 0 Å². The van der Waals surface area contributed by atoms with Crippen LogP contribution < -0.4 is 10.6 Å². The molecule has 2 aliphatic rings. The number of allylic oxidation sites excluding steroid dienone is 2. The zero-order valence-corrected chi connectivity index (χ0v) is 9.59. The number of hydrogen-bond acceptors (Lipinski definition) is 3. The third kappa shape index (κ3) is 1.13. The molecule has 86 valence electrons. The minimum absolute atomic E-state index is 0.319. The Kier molecular flexibility index (Phi) is 1.75. The van der Waals surface area contributed by atoms with Crippen molar-refractivity contribution in [1.82, 2.24) is 4.98 Å². The number of nitrogens with zero attached hydrogens (tertiary/aromatic N) is 2. The van der Waals surface area contributed by atoms with E-state index in [4.69, 9.17) is 0 Å². The van der Waals surface area contributed by atoms with Crippen molar-refractivity contribution in [3.8, 4) is 5.75 Å². The SMILES string of the molecule is Oc1cccc2c1C1=c3cnccc3=NC1=CC2. The molecule has 4 rings (SSSR count). The summed E-state index contributed by atoms with van der Waals surface area (Å²) in [4.78, 5) is 8.75. The largest absolute Gasteiger partial charge is 0.507 e. The van der Waals surface area contributed by atoms with E-state index in [2.05, 4.69) is 16.1 Å². The number of rotatable bonds is 0. The van der Waals surface area contributed by atoms with Crippen LogP contribution in [0.3, 0.4) is 0 Å². The number of aromatic nitrogens is 1. The fraction of sp³-hybridized carbons (Fsp3) is 0.0667. The van der Waals surface area contributed by atoms with Crippen molar-refractivity contribution in [2.45, 2.75) is 6.42 Å². The lowest BCUT2D eigenvalue weighted by molar-refractivity contribution is 0.472. The van der Waals surface area contributed by atoms with Gasteiger partial charge in [0.25, 0.3) is 0 Å². The fourth-order valence-corrected chi connectivity index (χ4v) is 2.66. The van der Waals surface area contributed by atoms with Crippen LogP contribution in [0.5, 0.6) is 5.75 Å². The Morgan fingerprint density at radius 2 is 2.11 bits per heavy atom. The molecule has 0 radical (unpaired) electrons. The molecule has 0 saturated carbocycles. The third-order valence-corrected chi connectivity index (χ3v) is 3.46. The number of aromatic hydroxyl groups is 1. The van der Waals surface area contributed by atoms with Crippen LogP contribution in [0, 0.1) is 0 Å². The summed E-state index contributed by atoms with van der Waals surface area (Å²) in [6, 6.07) is 7.55. The highest BCUT2D eigenvalue weighted by Gasteiger charge is 2.23. The highest BCUT2D eigenvalue weighted by molar-refractivity contribution is 5.86. The lowest BCUT2D eigenvalue weighted by Crippen LogP contribution is -2.23. The molecule has 18 heavy (non-hydrogen) atoms. The van der Waals surface area contributed by atoms with Gasteiger partial charge >= 0.3 is 0 Å². The molecule has 0 fully saturated rings. The van der Waals surface area contributed by atoms with Crippen LogP contribution in [-0.2, 0) is 6.42 Å². The summed E-state index contributed by atoms with van der Waals surface area (Å²) in [5.74, 6) is 0.319. The zero-order valence-electron chi connectivity index (χ0n) is 9.59. The molecule has 0 amide bonds. The Morgan fingerprint density at radius 3 is 3.06 bits per heavy atom. The van der Waals surface area contributed by atoms with E-state index >= 15 is 0 Å². The maximum atomic E-state index is 10.1. The standard InChI is InChI=1S/C15H10N2O/c18-13-3-1-2-9-4-5-12-15(14(9)13)10-8-16-7-6-11(10)17-12/h1-3,5-8,18H,4H2. The predicted octanol–water partition coefficient (Wildman–Crippen LogP) is 1.06. The van der Waals surface area contributed by atoms with Gasteiger partial charge in [-0.15, -0.1) is 0 Å². The van der Waals surface area contributed by atoms with Gasteiger partial charge in [0, 0.05) is 28.7 Å². The molecule has 2 heterocycles. The first-order chi connectivity index (χ1) is 8.84. The van der Waals surface area contributed by atoms with Crippen molar-refractivity contribution >= 4 is 5.57 Å². The van der Waals surface area contributed by atoms with E-state index in [1.54, 1.807) is 12.3 Å². The lowest BCUT2D eigenvalue weighted by atomic mass is 9.89. The predicted molar refractivity (Wildman–Crippen MR) is 67.4 cm³/mol. The minimum atomic E-state index is 0.319. The first-order valence-electron chi connectivity index (χ1n) is 5.89. The molecule has 1 aromatic carbocycles. The highest BCUT2D eigenvalue weighted by Crippen LogP contribution is 2.36. The molecular formula is C15H10N2O. The van der Waals surface area contributed by atoms with Gasteiger partial charge in [0.05, 0.1) is 11.1 Å². The van der Waals surface area contributed by atoms with E-state index in [1.807, 2.05) is 24.4 Å².